The zero-order valence-corrected chi connectivity index (χ0v) is 17.5. The van der Waals surface area contributed by atoms with Crippen LogP contribution in [0.2, 0.25) is 0 Å². The van der Waals surface area contributed by atoms with Crippen LogP contribution in [0.1, 0.15) is 25.3 Å². The van der Waals surface area contributed by atoms with E-state index in [0.717, 1.165) is 12.8 Å². The second kappa shape index (κ2) is 8.50. The Morgan fingerprint density at radius 2 is 1.84 bits per heavy atom. The van der Waals surface area contributed by atoms with Gasteiger partial charge in [0.05, 0.1) is 34.7 Å². The number of nitrogens with one attached hydrogen (secondary N) is 2. The molecule has 0 bridgehead atoms. The van der Waals surface area contributed by atoms with Gasteiger partial charge in [0.25, 0.3) is 11.2 Å². The van der Waals surface area contributed by atoms with E-state index in [2.05, 4.69) is 15.6 Å². The number of benzene rings is 2. The lowest BCUT2D eigenvalue weighted by Gasteiger charge is -2.05. The average molecular weight is 435 g/mol. The molecular formula is C22H21N5O5. The summed E-state index contributed by atoms with van der Waals surface area (Å²) in [6.45, 7) is 1.64. The molecule has 0 unspecified atom stereocenters. The molecule has 3 aromatic rings. The maximum absolute atomic E-state index is 13.3. The predicted molar refractivity (Wildman–Crippen MR) is 118 cm³/mol. The third kappa shape index (κ3) is 4.15. The number of aromatic nitrogens is 2. The van der Waals surface area contributed by atoms with Crippen molar-refractivity contribution >= 4 is 17.3 Å². The number of rotatable bonds is 7. The zero-order valence-electron chi connectivity index (χ0n) is 17.5. The number of hydrogen-bond acceptors (Lipinski definition) is 6. The molecule has 164 valence electrons. The molecule has 1 fully saturated rings. The van der Waals surface area contributed by atoms with E-state index in [4.69, 9.17) is 4.74 Å². The Kier molecular flexibility index (Phi) is 5.59. The summed E-state index contributed by atoms with van der Waals surface area (Å²) in [5.41, 5.74) is 4.31. The van der Waals surface area contributed by atoms with Gasteiger partial charge in [-0.3, -0.25) is 24.8 Å². The molecule has 0 spiro atoms. The molecule has 1 heterocycles. The molecular weight excluding hydrogens is 414 g/mol. The van der Waals surface area contributed by atoms with Crippen molar-refractivity contribution in [2.75, 3.05) is 7.11 Å². The molecule has 1 amide bonds. The lowest BCUT2D eigenvalue weighted by molar-refractivity contribution is -0.384. The van der Waals surface area contributed by atoms with E-state index in [1.54, 1.807) is 38.3 Å². The van der Waals surface area contributed by atoms with Crippen LogP contribution in [0.5, 0.6) is 5.75 Å². The smallest absolute Gasteiger partial charge is 0.281 e. The number of carbonyl (C=O) groups excluding carboxylic acids is 1. The second-order valence-electron chi connectivity index (χ2n) is 7.45. The van der Waals surface area contributed by atoms with E-state index in [9.17, 15) is 19.7 Å². The minimum atomic E-state index is -0.505. The number of non-ortho nitro benzene ring substituents is 1. The van der Waals surface area contributed by atoms with Crippen LogP contribution in [-0.2, 0) is 4.79 Å². The van der Waals surface area contributed by atoms with Gasteiger partial charge in [-0.05, 0) is 56.2 Å². The van der Waals surface area contributed by atoms with Crippen LogP contribution in [0.15, 0.2) is 58.4 Å². The molecule has 0 saturated heterocycles. The van der Waals surface area contributed by atoms with Gasteiger partial charge < -0.3 is 4.74 Å². The van der Waals surface area contributed by atoms with Crippen LogP contribution in [-0.4, -0.2) is 33.4 Å². The van der Waals surface area contributed by atoms with Crippen molar-refractivity contribution in [1.29, 1.82) is 0 Å². The largest absolute Gasteiger partial charge is 0.497 e. The van der Waals surface area contributed by atoms with Gasteiger partial charge in [0.1, 0.15) is 5.75 Å². The number of carbonyl (C=O) groups is 1. The Morgan fingerprint density at radius 1 is 1.19 bits per heavy atom. The van der Waals surface area contributed by atoms with Gasteiger partial charge in [-0.25, -0.2) is 10.1 Å². The van der Waals surface area contributed by atoms with E-state index in [1.165, 1.54) is 28.9 Å². The fourth-order valence-corrected chi connectivity index (χ4v) is 3.28. The molecule has 10 heteroatoms. The highest BCUT2D eigenvalue weighted by molar-refractivity contribution is 6.04. The van der Waals surface area contributed by atoms with E-state index < -0.39 is 10.5 Å². The highest BCUT2D eigenvalue weighted by Gasteiger charge is 2.29. The van der Waals surface area contributed by atoms with E-state index in [-0.39, 0.29) is 23.1 Å². The standard InChI is InChI=1S/C22H21N5O5/c1-13(23-24-21(28)15-3-4-15)19-20(14-5-11-18(32-2)12-6-14)25-26(22(19)29)16-7-9-17(10-8-16)27(30)31/h5-12,15,25H,3-4H2,1-2H3,(H,24,28). The first-order chi connectivity index (χ1) is 15.4. The fraction of sp³-hybridized carbons (Fsp3) is 0.227. The van der Waals surface area contributed by atoms with Crippen LogP contribution in [0.3, 0.4) is 0 Å². The minimum absolute atomic E-state index is 0.0180. The van der Waals surface area contributed by atoms with Gasteiger partial charge in [0.15, 0.2) is 0 Å². The highest BCUT2D eigenvalue weighted by atomic mass is 16.6. The number of nitro benzene ring substituents is 1. The van der Waals surface area contributed by atoms with Gasteiger partial charge in [0.2, 0.25) is 5.91 Å². The number of aromatic amines is 1. The summed E-state index contributed by atoms with van der Waals surface area (Å²) in [7, 11) is 1.56. The number of methoxy groups -OCH3 is 1. The van der Waals surface area contributed by atoms with Gasteiger partial charge in [-0.15, -0.1) is 0 Å². The number of H-pyrrole nitrogens is 1. The topological polar surface area (TPSA) is 132 Å². The lowest BCUT2D eigenvalue weighted by atomic mass is 10.1. The molecule has 10 nitrogen and oxygen atoms in total. The summed E-state index contributed by atoms with van der Waals surface area (Å²) in [4.78, 5) is 35.7. The molecule has 2 N–H and O–H groups in total. The number of hydrazone groups is 1. The quantitative estimate of drug-likeness (QED) is 0.335. The average Bonchev–Trinajstić information content (AvgIpc) is 3.60. The zero-order chi connectivity index (χ0) is 22.8. The molecule has 1 aromatic heterocycles. The van der Waals surface area contributed by atoms with Crippen LogP contribution in [0.25, 0.3) is 16.9 Å². The molecule has 4 rings (SSSR count). The van der Waals surface area contributed by atoms with Crippen molar-refractivity contribution in [1.82, 2.24) is 15.2 Å². The summed E-state index contributed by atoms with van der Waals surface area (Å²) in [5, 5.41) is 18.2. The summed E-state index contributed by atoms with van der Waals surface area (Å²) in [6, 6.07) is 12.7. The molecule has 1 saturated carbocycles. The summed E-state index contributed by atoms with van der Waals surface area (Å²) >= 11 is 0. The Balaban J connectivity index is 1.79. The Bertz CT molecular complexity index is 1250. The molecule has 32 heavy (non-hydrogen) atoms. The van der Waals surface area contributed by atoms with Crippen LogP contribution in [0.4, 0.5) is 5.69 Å². The maximum Gasteiger partial charge on any atom is 0.281 e. The number of amides is 1. The Morgan fingerprint density at radius 3 is 2.41 bits per heavy atom. The summed E-state index contributed by atoms with van der Waals surface area (Å²) in [6.07, 6.45) is 1.68. The summed E-state index contributed by atoms with van der Waals surface area (Å²) in [5.74, 6) is 0.478. The lowest BCUT2D eigenvalue weighted by Crippen LogP contribution is -2.24. The van der Waals surface area contributed by atoms with Gasteiger partial charge >= 0.3 is 0 Å². The highest BCUT2D eigenvalue weighted by Crippen LogP contribution is 2.29. The third-order valence-electron chi connectivity index (χ3n) is 5.23. The van der Waals surface area contributed by atoms with E-state index in [0.29, 0.717) is 28.4 Å². The monoisotopic (exact) mass is 435 g/mol. The molecule has 1 aliphatic carbocycles. The SMILES string of the molecule is COc1ccc(-c2[nH]n(-c3ccc([N+](=O)[O-])cc3)c(=O)c2C(C)=NNC(=O)C2CC2)cc1. The van der Waals surface area contributed by atoms with Crippen molar-refractivity contribution in [3.63, 3.8) is 0 Å². The van der Waals surface area contributed by atoms with Crippen molar-refractivity contribution in [3.8, 4) is 22.7 Å². The normalized spacial score (nSPS) is 13.6. The Hall–Kier alpha value is -4.21. The molecule has 0 atom stereocenters. The number of hydrogen-bond donors (Lipinski definition) is 2. The minimum Gasteiger partial charge on any atom is -0.497 e. The van der Waals surface area contributed by atoms with Crippen molar-refractivity contribution in [2.45, 2.75) is 19.8 Å². The van der Waals surface area contributed by atoms with Gasteiger partial charge in [0, 0.05) is 23.6 Å². The summed E-state index contributed by atoms with van der Waals surface area (Å²) < 4.78 is 6.49. The molecule has 2 aromatic carbocycles. The van der Waals surface area contributed by atoms with Crippen LogP contribution in [0, 0.1) is 16.0 Å². The van der Waals surface area contributed by atoms with Gasteiger partial charge in [-0.1, -0.05) is 0 Å². The van der Waals surface area contributed by atoms with Crippen molar-refractivity contribution in [2.24, 2.45) is 11.0 Å². The number of nitrogens with zero attached hydrogens (tertiary/aromatic N) is 3. The van der Waals surface area contributed by atoms with Crippen molar-refractivity contribution in [3.05, 3.63) is 74.6 Å². The Labute approximate surface area is 182 Å². The molecule has 0 aliphatic heterocycles. The fourth-order valence-electron chi connectivity index (χ4n) is 3.28. The van der Waals surface area contributed by atoms with Crippen molar-refractivity contribution < 1.29 is 14.5 Å². The first-order valence-electron chi connectivity index (χ1n) is 9.98. The number of ether oxygens (including phenoxy) is 1. The van der Waals surface area contributed by atoms with E-state index >= 15 is 0 Å². The van der Waals surface area contributed by atoms with Gasteiger partial charge in [-0.2, -0.15) is 5.10 Å². The predicted octanol–water partition coefficient (Wildman–Crippen LogP) is 3.00. The second-order valence-corrected chi connectivity index (χ2v) is 7.45. The maximum atomic E-state index is 13.3. The van der Waals surface area contributed by atoms with Crippen LogP contribution >= 0.6 is 0 Å². The molecule has 0 radical (unpaired) electrons. The third-order valence-corrected chi connectivity index (χ3v) is 5.23. The first kappa shape index (κ1) is 21.0. The first-order valence-corrected chi connectivity index (χ1v) is 9.98. The van der Waals surface area contributed by atoms with Crippen LogP contribution < -0.4 is 15.7 Å². The van der Waals surface area contributed by atoms with E-state index in [1.807, 2.05) is 0 Å². The molecule has 1 aliphatic rings. The number of nitro groups is 1.